The van der Waals surface area contributed by atoms with Crippen LogP contribution in [0.5, 0.6) is 5.75 Å². The second kappa shape index (κ2) is 9.12. The Morgan fingerprint density at radius 1 is 1.14 bits per heavy atom. The fraction of sp³-hybridized carbons (Fsp3) is 0.739. The Morgan fingerprint density at radius 2 is 1.93 bits per heavy atom. The van der Waals surface area contributed by atoms with Gasteiger partial charge in [0.15, 0.2) is 0 Å². The largest absolute Gasteiger partial charge is 0.497 e. The molecule has 0 radical (unpaired) electrons. The highest BCUT2D eigenvalue weighted by atomic mass is 16.5. The monoisotopic (exact) mass is 388 g/mol. The molecule has 5 nitrogen and oxygen atoms in total. The fourth-order valence-electron chi connectivity index (χ4n) is 5.02. The summed E-state index contributed by atoms with van der Waals surface area (Å²) in [7, 11) is 1.73. The molecule has 3 N–H and O–H groups in total. The summed E-state index contributed by atoms with van der Waals surface area (Å²) in [6.07, 6.45) is 8.89. The Kier molecular flexibility index (Phi) is 6.56. The second-order valence-corrected chi connectivity index (χ2v) is 8.95. The summed E-state index contributed by atoms with van der Waals surface area (Å²) in [4.78, 5) is 2.23. The third-order valence-electron chi connectivity index (χ3n) is 7.00. The predicted molar refractivity (Wildman–Crippen MR) is 110 cm³/mol. The number of benzene rings is 1. The van der Waals surface area contributed by atoms with Crippen LogP contribution in [-0.2, 0) is 4.74 Å². The molecule has 5 heteroatoms. The van der Waals surface area contributed by atoms with E-state index in [-0.39, 0.29) is 18.3 Å². The number of rotatable bonds is 7. The number of nitrogens with zero attached hydrogens (tertiary/aromatic N) is 1. The highest BCUT2D eigenvalue weighted by Gasteiger charge is 2.40. The minimum absolute atomic E-state index is 0.107. The van der Waals surface area contributed by atoms with Crippen molar-refractivity contribution in [3.63, 3.8) is 0 Å². The van der Waals surface area contributed by atoms with Crippen LogP contribution in [0.3, 0.4) is 0 Å². The van der Waals surface area contributed by atoms with E-state index in [0.29, 0.717) is 24.5 Å². The first-order chi connectivity index (χ1) is 13.7. The van der Waals surface area contributed by atoms with Crippen molar-refractivity contribution < 1.29 is 14.6 Å². The third kappa shape index (κ3) is 4.70. The van der Waals surface area contributed by atoms with Crippen molar-refractivity contribution >= 4 is 0 Å². The van der Waals surface area contributed by atoms with Crippen LogP contribution in [0, 0.1) is 5.92 Å². The summed E-state index contributed by atoms with van der Waals surface area (Å²) in [5.74, 6) is 1.99. The lowest BCUT2D eigenvalue weighted by Crippen LogP contribution is -2.58. The van der Waals surface area contributed by atoms with Gasteiger partial charge in [0.1, 0.15) is 12.0 Å². The number of ether oxygens (including phenoxy) is 2. The molecule has 28 heavy (non-hydrogen) atoms. The molecule has 3 atom stereocenters. The van der Waals surface area contributed by atoms with Gasteiger partial charge in [0.2, 0.25) is 0 Å². The maximum Gasteiger partial charge on any atom is 0.119 e. The molecular weight excluding hydrogens is 352 g/mol. The number of hydrogen-bond acceptors (Lipinski definition) is 5. The molecular formula is C23H36N2O3. The summed E-state index contributed by atoms with van der Waals surface area (Å²) >= 11 is 0. The summed E-state index contributed by atoms with van der Waals surface area (Å²) in [6.45, 7) is 1.60. The van der Waals surface area contributed by atoms with Crippen LogP contribution >= 0.6 is 0 Å². The highest BCUT2D eigenvalue weighted by molar-refractivity contribution is 5.31. The first-order valence-corrected chi connectivity index (χ1v) is 11.1. The molecule has 1 aliphatic heterocycles. The van der Waals surface area contributed by atoms with E-state index in [9.17, 15) is 5.11 Å². The average Bonchev–Trinajstić information content (AvgIpc) is 3.58. The minimum atomic E-state index is -0.330. The molecule has 2 aliphatic carbocycles. The standard InChI is InChI=1S/C23H36N2O3/c1-27-20-5-2-4-18(14-20)16-9-11-19(12-10-16)28-15-22-21(24)6-3-13-25(22)23(26)17-7-8-17/h2,4-5,14,16-17,19,21-23,26H,3,6-13,15,24H2,1H3/t16?,19?,21-,22-,23?/m0/s1. The topological polar surface area (TPSA) is 68.0 Å². The molecule has 1 heterocycles. The van der Waals surface area contributed by atoms with Crippen LogP contribution in [-0.4, -0.2) is 54.7 Å². The molecule has 1 aromatic carbocycles. The van der Waals surface area contributed by atoms with Crippen LogP contribution in [0.4, 0.5) is 0 Å². The maximum absolute atomic E-state index is 10.6. The van der Waals surface area contributed by atoms with Gasteiger partial charge in [-0.25, -0.2) is 0 Å². The van der Waals surface area contributed by atoms with Gasteiger partial charge < -0.3 is 20.3 Å². The zero-order valence-corrected chi connectivity index (χ0v) is 17.1. The van der Waals surface area contributed by atoms with E-state index in [1.54, 1.807) is 7.11 Å². The molecule has 4 rings (SSSR count). The lowest BCUT2D eigenvalue weighted by molar-refractivity contribution is -0.0947. The average molecular weight is 389 g/mol. The van der Waals surface area contributed by atoms with Crippen LogP contribution in [0.1, 0.15) is 62.8 Å². The van der Waals surface area contributed by atoms with Crippen molar-refractivity contribution in [1.82, 2.24) is 4.90 Å². The van der Waals surface area contributed by atoms with Gasteiger partial charge in [0.25, 0.3) is 0 Å². The molecule has 0 bridgehead atoms. The fourth-order valence-corrected chi connectivity index (χ4v) is 5.02. The molecule has 3 fully saturated rings. The van der Waals surface area contributed by atoms with Crippen molar-refractivity contribution in [3.05, 3.63) is 29.8 Å². The molecule has 0 amide bonds. The molecule has 2 saturated carbocycles. The van der Waals surface area contributed by atoms with Crippen molar-refractivity contribution in [2.24, 2.45) is 11.7 Å². The first-order valence-electron chi connectivity index (χ1n) is 11.1. The van der Waals surface area contributed by atoms with E-state index in [1.165, 1.54) is 5.56 Å². The van der Waals surface area contributed by atoms with E-state index < -0.39 is 0 Å². The van der Waals surface area contributed by atoms with Crippen LogP contribution in [0.2, 0.25) is 0 Å². The van der Waals surface area contributed by atoms with Crippen molar-refractivity contribution in [3.8, 4) is 5.75 Å². The zero-order valence-electron chi connectivity index (χ0n) is 17.1. The van der Waals surface area contributed by atoms with Crippen molar-refractivity contribution in [1.29, 1.82) is 0 Å². The maximum atomic E-state index is 10.6. The van der Waals surface area contributed by atoms with Crippen LogP contribution in [0.25, 0.3) is 0 Å². The lowest BCUT2D eigenvalue weighted by atomic mass is 9.82. The number of methoxy groups -OCH3 is 1. The van der Waals surface area contributed by atoms with E-state index >= 15 is 0 Å². The Morgan fingerprint density at radius 3 is 2.64 bits per heavy atom. The molecule has 0 spiro atoms. The number of aliphatic hydroxyl groups excluding tert-OH is 1. The molecule has 1 saturated heterocycles. The summed E-state index contributed by atoms with van der Waals surface area (Å²) < 4.78 is 11.7. The summed E-state index contributed by atoms with van der Waals surface area (Å²) in [6, 6.07) is 8.74. The minimum Gasteiger partial charge on any atom is -0.497 e. The van der Waals surface area contributed by atoms with E-state index in [0.717, 1.165) is 63.7 Å². The summed E-state index contributed by atoms with van der Waals surface area (Å²) in [5.41, 5.74) is 7.80. The third-order valence-corrected chi connectivity index (χ3v) is 7.00. The predicted octanol–water partition coefficient (Wildman–Crippen LogP) is 3.26. The number of likely N-dealkylation sites (tertiary alicyclic amines) is 1. The second-order valence-electron chi connectivity index (χ2n) is 8.95. The van der Waals surface area contributed by atoms with Gasteiger partial charge in [-0.1, -0.05) is 12.1 Å². The lowest BCUT2D eigenvalue weighted by Gasteiger charge is -2.43. The van der Waals surface area contributed by atoms with Gasteiger partial charge in [-0.15, -0.1) is 0 Å². The Balaban J connectivity index is 1.28. The van der Waals surface area contributed by atoms with Gasteiger partial charge in [-0.05, 0) is 80.9 Å². The SMILES string of the molecule is COc1cccc(C2CCC(OC[C@H]3[C@@H](N)CCCN3C(O)C3CC3)CC2)c1. The van der Waals surface area contributed by atoms with Crippen molar-refractivity contribution in [2.75, 3.05) is 20.3 Å². The Labute approximate surface area is 169 Å². The van der Waals surface area contributed by atoms with Crippen molar-refractivity contribution in [2.45, 2.75) is 81.7 Å². The van der Waals surface area contributed by atoms with Crippen LogP contribution < -0.4 is 10.5 Å². The molecule has 1 unspecified atom stereocenters. The van der Waals surface area contributed by atoms with Gasteiger partial charge in [0, 0.05) is 12.6 Å². The zero-order chi connectivity index (χ0) is 19.5. The molecule has 1 aromatic rings. The summed E-state index contributed by atoms with van der Waals surface area (Å²) in [5, 5.41) is 10.6. The normalized spacial score (nSPS) is 32.8. The molecule has 0 aromatic heterocycles. The Hall–Kier alpha value is -1.14. The van der Waals surface area contributed by atoms with Gasteiger partial charge >= 0.3 is 0 Å². The molecule has 156 valence electrons. The number of hydrogen-bond donors (Lipinski definition) is 2. The van der Waals surface area contributed by atoms with E-state index in [4.69, 9.17) is 15.2 Å². The van der Waals surface area contributed by atoms with E-state index in [1.807, 2.05) is 6.07 Å². The first kappa shape index (κ1) is 20.1. The number of aliphatic hydroxyl groups is 1. The smallest absolute Gasteiger partial charge is 0.119 e. The quantitative estimate of drug-likeness (QED) is 0.750. The molecule has 3 aliphatic rings. The number of piperidine rings is 1. The number of nitrogens with two attached hydrogens (primary N) is 1. The van der Waals surface area contributed by atoms with Gasteiger partial charge in [-0.2, -0.15) is 0 Å². The highest BCUT2D eigenvalue weighted by Crippen LogP contribution is 2.37. The van der Waals surface area contributed by atoms with Crippen LogP contribution in [0.15, 0.2) is 24.3 Å². The van der Waals surface area contributed by atoms with Gasteiger partial charge in [0.05, 0.1) is 25.9 Å². The van der Waals surface area contributed by atoms with E-state index in [2.05, 4.69) is 23.1 Å². The van der Waals surface area contributed by atoms with Gasteiger partial charge in [-0.3, -0.25) is 4.90 Å². The Bertz CT molecular complexity index is 628.